The van der Waals surface area contributed by atoms with Crippen molar-refractivity contribution >= 4 is 6.03 Å². The molecule has 4 N–H and O–H groups in total. The minimum absolute atomic E-state index is 0.477. The number of nitrogens with zero attached hydrogens (tertiary/aromatic N) is 2. The maximum atomic E-state index is 11.7. The quantitative estimate of drug-likeness (QED) is 0.257. The first kappa shape index (κ1) is 18.2. The van der Waals surface area contributed by atoms with Crippen LogP contribution in [0.25, 0.3) is 0 Å². The molecule has 0 aliphatic heterocycles. The largest absolute Gasteiger partial charge is 0.494 e. The van der Waals surface area contributed by atoms with Gasteiger partial charge in [-0.15, -0.1) is 0 Å². The van der Waals surface area contributed by atoms with Crippen LogP contribution in [0.1, 0.15) is 34.1 Å². The molecule has 2 amide bonds. The van der Waals surface area contributed by atoms with Crippen molar-refractivity contribution in [2.75, 3.05) is 13.7 Å². The Morgan fingerprint density at radius 2 is 1.90 bits per heavy atom. The van der Waals surface area contributed by atoms with E-state index < -0.39 is 6.03 Å². The van der Waals surface area contributed by atoms with Crippen molar-refractivity contribution in [2.24, 2.45) is 11.7 Å². The number of allylic oxidation sites excluding steroid dienone is 4. The van der Waals surface area contributed by atoms with E-state index in [1.165, 1.54) is 7.05 Å². The van der Waals surface area contributed by atoms with Crippen LogP contribution in [0.15, 0.2) is 35.3 Å². The minimum atomic E-state index is -0.477. The van der Waals surface area contributed by atoms with E-state index in [0.717, 1.165) is 21.4 Å². The van der Waals surface area contributed by atoms with Gasteiger partial charge in [-0.3, -0.25) is 5.01 Å². The molecule has 0 aromatic heterocycles. The highest BCUT2D eigenvalue weighted by Gasteiger charge is 2.17. The lowest BCUT2D eigenvalue weighted by Gasteiger charge is -2.24. The Balaban J connectivity index is 5.13. The standard InChI is InChI=1S/C14H26N4O2/c1-6-9-13(20-8-3)11(4)10-12(7-2)18(16)14(19)17(5)15/h6-7,9H,8,10,15-16H2,1-5H3/b9-6-,12-7+,13-11+. The van der Waals surface area contributed by atoms with Crippen LogP contribution in [0.2, 0.25) is 0 Å². The van der Waals surface area contributed by atoms with E-state index in [-0.39, 0.29) is 0 Å². The molecule has 0 heterocycles. The van der Waals surface area contributed by atoms with Crippen molar-refractivity contribution in [3.05, 3.63) is 35.3 Å². The van der Waals surface area contributed by atoms with E-state index in [9.17, 15) is 4.79 Å². The molecule has 0 spiro atoms. The second kappa shape index (κ2) is 9.17. The maximum absolute atomic E-state index is 11.7. The second-order valence-corrected chi connectivity index (χ2v) is 4.30. The third-order valence-electron chi connectivity index (χ3n) is 2.64. The molecule has 0 radical (unpaired) electrons. The third kappa shape index (κ3) is 5.46. The molecule has 0 unspecified atom stereocenters. The number of carbonyl (C=O) groups excluding carboxylic acids is 1. The number of hydrazine groups is 2. The predicted octanol–water partition coefficient (Wildman–Crippen LogP) is 2.27. The Hall–Kier alpha value is -1.79. The lowest BCUT2D eigenvalue weighted by Crippen LogP contribution is -2.47. The number of carbonyl (C=O) groups is 1. The summed E-state index contributed by atoms with van der Waals surface area (Å²) in [5.74, 6) is 12.0. The monoisotopic (exact) mass is 282 g/mol. The molecule has 0 fully saturated rings. The summed E-state index contributed by atoms with van der Waals surface area (Å²) in [6.45, 7) is 8.20. The van der Waals surface area contributed by atoms with Crippen molar-refractivity contribution in [1.82, 2.24) is 10.0 Å². The van der Waals surface area contributed by atoms with Gasteiger partial charge in [-0.25, -0.2) is 21.5 Å². The lowest BCUT2D eigenvalue weighted by molar-refractivity contribution is 0.175. The van der Waals surface area contributed by atoms with Crippen molar-refractivity contribution in [2.45, 2.75) is 34.1 Å². The summed E-state index contributed by atoms with van der Waals surface area (Å²) >= 11 is 0. The van der Waals surface area contributed by atoms with Crippen LogP contribution in [-0.2, 0) is 4.74 Å². The molecule has 0 bridgehead atoms. The normalized spacial score (nSPS) is 13.2. The summed E-state index contributed by atoms with van der Waals surface area (Å²) in [5, 5.41) is 1.99. The molecular weight excluding hydrogens is 256 g/mol. The Morgan fingerprint density at radius 1 is 1.30 bits per heavy atom. The molecule has 0 aromatic rings. The molecule has 0 rings (SSSR count). The van der Waals surface area contributed by atoms with Crippen LogP contribution < -0.4 is 11.7 Å². The van der Waals surface area contributed by atoms with Crippen molar-refractivity contribution in [3.63, 3.8) is 0 Å². The Bertz CT molecular complexity index is 411. The van der Waals surface area contributed by atoms with Crippen LogP contribution in [0, 0.1) is 0 Å². The van der Waals surface area contributed by atoms with E-state index in [0.29, 0.717) is 18.7 Å². The fraction of sp³-hybridized carbons (Fsp3) is 0.500. The van der Waals surface area contributed by atoms with Gasteiger partial charge in [0, 0.05) is 19.2 Å². The second-order valence-electron chi connectivity index (χ2n) is 4.30. The van der Waals surface area contributed by atoms with Gasteiger partial charge in [0.05, 0.1) is 6.61 Å². The molecule has 0 saturated heterocycles. The van der Waals surface area contributed by atoms with Gasteiger partial charge in [0.2, 0.25) is 0 Å². The molecule has 0 aromatic carbocycles. The zero-order valence-corrected chi connectivity index (χ0v) is 13.0. The summed E-state index contributed by atoms with van der Waals surface area (Å²) in [4.78, 5) is 11.7. The summed E-state index contributed by atoms with van der Waals surface area (Å²) in [6, 6.07) is -0.477. The Labute approximate surface area is 121 Å². The molecule has 0 atom stereocenters. The number of hydrogen-bond donors (Lipinski definition) is 2. The van der Waals surface area contributed by atoms with Gasteiger partial charge in [0.25, 0.3) is 0 Å². The number of nitrogens with two attached hydrogens (primary N) is 2. The van der Waals surface area contributed by atoms with E-state index in [1.807, 2.05) is 39.8 Å². The first-order valence-corrected chi connectivity index (χ1v) is 6.56. The van der Waals surface area contributed by atoms with Gasteiger partial charge in [0.15, 0.2) is 0 Å². The van der Waals surface area contributed by atoms with Gasteiger partial charge >= 0.3 is 6.03 Å². The molecule has 6 nitrogen and oxygen atoms in total. The molecule has 20 heavy (non-hydrogen) atoms. The highest BCUT2D eigenvalue weighted by molar-refractivity contribution is 5.74. The van der Waals surface area contributed by atoms with Crippen LogP contribution in [0.3, 0.4) is 0 Å². The van der Waals surface area contributed by atoms with Crippen LogP contribution in [-0.4, -0.2) is 29.7 Å². The number of rotatable bonds is 6. The molecular formula is C14H26N4O2. The Kier molecular flexibility index (Phi) is 8.35. The molecule has 6 heteroatoms. The third-order valence-corrected chi connectivity index (χ3v) is 2.64. The molecule has 0 saturated carbocycles. The highest BCUT2D eigenvalue weighted by atomic mass is 16.5. The lowest BCUT2D eigenvalue weighted by atomic mass is 10.1. The summed E-state index contributed by atoms with van der Waals surface area (Å²) in [7, 11) is 1.45. The van der Waals surface area contributed by atoms with Gasteiger partial charge in [-0.1, -0.05) is 12.2 Å². The molecule has 0 aliphatic carbocycles. The minimum Gasteiger partial charge on any atom is -0.494 e. The SMILES string of the molecule is C/C=C\C(OCC)=C(\C)C/C(=C\C)N(N)C(=O)N(C)N. The number of amides is 2. The summed E-state index contributed by atoms with van der Waals surface area (Å²) < 4.78 is 5.56. The smallest absolute Gasteiger partial charge is 0.352 e. The number of urea groups is 1. The van der Waals surface area contributed by atoms with E-state index in [4.69, 9.17) is 16.4 Å². The fourth-order valence-electron chi connectivity index (χ4n) is 1.60. The van der Waals surface area contributed by atoms with E-state index in [2.05, 4.69) is 0 Å². The van der Waals surface area contributed by atoms with Crippen LogP contribution in [0.4, 0.5) is 4.79 Å². The van der Waals surface area contributed by atoms with Crippen LogP contribution >= 0.6 is 0 Å². The maximum Gasteiger partial charge on any atom is 0.352 e. The summed E-state index contributed by atoms with van der Waals surface area (Å²) in [5.41, 5.74) is 1.65. The van der Waals surface area contributed by atoms with Crippen molar-refractivity contribution < 1.29 is 9.53 Å². The molecule has 0 aliphatic rings. The van der Waals surface area contributed by atoms with Crippen molar-refractivity contribution in [3.8, 4) is 0 Å². The van der Waals surface area contributed by atoms with E-state index >= 15 is 0 Å². The highest BCUT2D eigenvalue weighted by Crippen LogP contribution is 2.18. The first-order chi connectivity index (χ1) is 9.38. The zero-order chi connectivity index (χ0) is 15.7. The number of ether oxygens (including phenoxy) is 1. The van der Waals surface area contributed by atoms with Gasteiger partial charge in [-0.2, -0.15) is 0 Å². The topological polar surface area (TPSA) is 84.8 Å². The van der Waals surface area contributed by atoms with Crippen LogP contribution in [0.5, 0.6) is 0 Å². The first-order valence-electron chi connectivity index (χ1n) is 6.56. The zero-order valence-electron chi connectivity index (χ0n) is 13.0. The van der Waals surface area contributed by atoms with Gasteiger partial charge in [0.1, 0.15) is 5.76 Å². The van der Waals surface area contributed by atoms with E-state index in [1.54, 1.807) is 6.08 Å². The van der Waals surface area contributed by atoms with Crippen molar-refractivity contribution in [1.29, 1.82) is 0 Å². The van der Waals surface area contributed by atoms with Gasteiger partial charge in [-0.05, 0) is 39.3 Å². The Morgan fingerprint density at radius 3 is 2.30 bits per heavy atom. The number of hydrogen-bond acceptors (Lipinski definition) is 4. The average Bonchev–Trinajstić information content (AvgIpc) is 2.42. The van der Waals surface area contributed by atoms with Gasteiger partial charge < -0.3 is 4.74 Å². The predicted molar refractivity (Wildman–Crippen MR) is 80.9 cm³/mol. The average molecular weight is 282 g/mol. The fourth-order valence-corrected chi connectivity index (χ4v) is 1.60. The molecule has 114 valence electrons. The summed E-state index contributed by atoms with van der Waals surface area (Å²) in [6.07, 6.45) is 6.09.